The Hall–Kier alpha value is -3.97. The molecule has 0 radical (unpaired) electrons. The summed E-state index contributed by atoms with van der Waals surface area (Å²) in [5.41, 5.74) is -1.62. The van der Waals surface area contributed by atoms with E-state index in [9.17, 15) is 44.1 Å². The van der Waals surface area contributed by atoms with Crippen molar-refractivity contribution in [3.63, 3.8) is 0 Å². The molecule has 0 aromatic rings. The van der Waals surface area contributed by atoms with Gasteiger partial charge < -0.3 is 55.5 Å². The first-order valence-electron chi connectivity index (χ1n) is 25.4. The van der Waals surface area contributed by atoms with Crippen molar-refractivity contribution in [1.82, 2.24) is 21.3 Å². The predicted octanol–water partition coefficient (Wildman–Crippen LogP) is 3.02. The molecule has 4 amide bonds. The fraction of sp³-hybridized carbons (Fsp3) is 0.827. The Kier molecular flexibility index (Phi) is 15.9. The second-order valence-electron chi connectivity index (χ2n) is 24.2. The molecule has 70 heavy (non-hydrogen) atoms. The van der Waals surface area contributed by atoms with Crippen molar-refractivity contribution in [2.75, 3.05) is 27.3 Å². The molecule has 0 spiro atoms. The van der Waals surface area contributed by atoms with E-state index >= 15 is 4.79 Å². The van der Waals surface area contributed by atoms with Gasteiger partial charge in [-0.05, 0) is 115 Å². The van der Waals surface area contributed by atoms with Gasteiger partial charge in [-0.2, -0.15) is 0 Å². The molecule has 0 aromatic heterocycles. The molecule has 4 saturated carbocycles. The quantitative estimate of drug-likeness (QED) is 0.0975. The number of rotatable bonds is 14. The molecular weight excluding hydrogens is 905 g/mol. The standard InChI is InChI=1S/C52H82N4O14/c1-26(2)35(43(64)67-12)55-33(58)24-53-42(63)40-38(61)37(60)39(62)45(70-40)69-32-15-16-50(9)31(47(32,5)6)14-17-52(11)41(50)30(57)22-28-29-23-49(8,19-18-48(29,7)20-21-51(28,52)10)46(66)54-25-34(59)56-36(27(3)4)44(65)68-13/h22,26-27,29,31-32,35-41,45,60-62H,14-21,23-25H2,1-13H3,(H,53,63)(H,54,66)(H,55,58)(H,56,59)/t29?,31?,32?,35-,36-,37-,38-,39+,40-,41?,45?,48+,49-,50-,51+,52+/m0/s1. The molecule has 5 aliphatic carbocycles. The average Bonchev–Trinajstić information content (AvgIpc) is 3.29. The summed E-state index contributed by atoms with van der Waals surface area (Å²) in [6, 6.07) is -1.79. The number of carbonyl (C=O) groups excluding carboxylic acids is 7. The van der Waals surface area contributed by atoms with Crippen LogP contribution in [-0.4, -0.2) is 133 Å². The van der Waals surface area contributed by atoms with E-state index in [0.717, 1.165) is 37.7 Å². The summed E-state index contributed by atoms with van der Waals surface area (Å²) in [5.74, 6) is -4.34. The maximum Gasteiger partial charge on any atom is 0.328 e. The minimum absolute atomic E-state index is 0.0241. The molecule has 5 unspecified atom stereocenters. The van der Waals surface area contributed by atoms with E-state index < -0.39 is 107 Å². The maximum atomic E-state index is 15.1. The van der Waals surface area contributed by atoms with Gasteiger partial charge in [-0.3, -0.25) is 24.0 Å². The summed E-state index contributed by atoms with van der Waals surface area (Å²) in [4.78, 5) is 92.7. The van der Waals surface area contributed by atoms with Crippen molar-refractivity contribution >= 4 is 41.4 Å². The summed E-state index contributed by atoms with van der Waals surface area (Å²) in [6.45, 7) is 21.5. The molecular formula is C52H82N4O14. The first-order chi connectivity index (χ1) is 32.5. The van der Waals surface area contributed by atoms with Crippen molar-refractivity contribution < 1.29 is 67.8 Å². The van der Waals surface area contributed by atoms with E-state index in [1.165, 1.54) is 14.2 Å². The highest BCUT2D eigenvalue weighted by molar-refractivity contribution is 5.96. The largest absolute Gasteiger partial charge is 0.467 e. The number of methoxy groups -OCH3 is 2. The van der Waals surface area contributed by atoms with Gasteiger partial charge in [0.05, 0.1) is 33.4 Å². The minimum Gasteiger partial charge on any atom is -0.467 e. The Morgan fingerprint density at radius 1 is 0.729 bits per heavy atom. The van der Waals surface area contributed by atoms with Gasteiger partial charge in [0.1, 0.15) is 30.4 Å². The van der Waals surface area contributed by atoms with E-state index in [0.29, 0.717) is 25.7 Å². The monoisotopic (exact) mass is 987 g/mol. The normalized spacial score (nSPS) is 39.6. The topological polar surface area (TPSA) is 265 Å². The Morgan fingerprint density at radius 2 is 1.29 bits per heavy atom. The van der Waals surface area contributed by atoms with Gasteiger partial charge in [-0.15, -0.1) is 0 Å². The van der Waals surface area contributed by atoms with Crippen LogP contribution < -0.4 is 21.3 Å². The van der Waals surface area contributed by atoms with Gasteiger partial charge in [0, 0.05) is 11.3 Å². The van der Waals surface area contributed by atoms with Crippen molar-refractivity contribution in [2.24, 2.45) is 62.1 Å². The lowest BCUT2D eigenvalue weighted by atomic mass is 9.33. The zero-order valence-corrected chi connectivity index (χ0v) is 43.7. The number of amides is 4. The number of aliphatic hydroxyl groups excluding tert-OH is 3. The molecule has 1 heterocycles. The third-order valence-corrected chi connectivity index (χ3v) is 18.9. The average molecular weight is 987 g/mol. The van der Waals surface area contributed by atoms with Gasteiger partial charge in [0.15, 0.2) is 18.2 Å². The highest BCUT2D eigenvalue weighted by Gasteiger charge is 2.70. The minimum atomic E-state index is -1.85. The Morgan fingerprint density at radius 3 is 1.84 bits per heavy atom. The summed E-state index contributed by atoms with van der Waals surface area (Å²) < 4.78 is 22.1. The van der Waals surface area contributed by atoms with Gasteiger partial charge >= 0.3 is 11.9 Å². The first-order valence-corrected chi connectivity index (χ1v) is 25.4. The number of nitrogens with one attached hydrogen (secondary N) is 4. The molecule has 1 saturated heterocycles. The van der Waals surface area contributed by atoms with Crippen LogP contribution in [0.5, 0.6) is 0 Å². The van der Waals surface area contributed by atoms with Gasteiger partial charge in [-0.1, -0.05) is 81.7 Å². The molecule has 6 aliphatic rings. The zero-order chi connectivity index (χ0) is 52.3. The lowest BCUT2D eigenvalue weighted by Gasteiger charge is -2.70. The molecule has 0 aromatic carbocycles. The second kappa shape index (κ2) is 20.1. The molecule has 394 valence electrons. The van der Waals surface area contributed by atoms with E-state index in [1.54, 1.807) is 27.7 Å². The van der Waals surface area contributed by atoms with Crippen LogP contribution in [0.1, 0.15) is 134 Å². The van der Waals surface area contributed by atoms with Crippen molar-refractivity contribution in [2.45, 2.75) is 183 Å². The van der Waals surface area contributed by atoms with Crippen LogP contribution in [0.15, 0.2) is 11.6 Å². The van der Waals surface area contributed by atoms with Crippen LogP contribution in [0.3, 0.4) is 0 Å². The van der Waals surface area contributed by atoms with Crippen LogP contribution in [0, 0.1) is 62.1 Å². The molecule has 7 N–H and O–H groups in total. The predicted molar refractivity (Wildman–Crippen MR) is 255 cm³/mol. The second-order valence-corrected chi connectivity index (χ2v) is 24.2. The van der Waals surface area contributed by atoms with Crippen molar-refractivity contribution in [3.05, 3.63) is 11.6 Å². The Balaban J connectivity index is 1.16. The summed E-state index contributed by atoms with van der Waals surface area (Å²) in [5, 5.41) is 43.5. The number of esters is 2. The van der Waals surface area contributed by atoms with E-state index in [1.807, 2.05) is 13.0 Å². The van der Waals surface area contributed by atoms with Crippen molar-refractivity contribution in [3.8, 4) is 0 Å². The molecule has 16 atom stereocenters. The fourth-order valence-corrected chi connectivity index (χ4v) is 14.3. The van der Waals surface area contributed by atoms with E-state index in [2.05, 4.69) is 62.8 Å². The van der Waals surface area contributed by atoms with Gasteiger partial charge in [0.2, 0.25) is 17.7 Å². The summed E-state index contributed by atoms with van der Waals surface area (Å²) in [6.07, 6.45) is -0.799. The molecule has 18 nitrogen and oxygen atoms in total. The molecule has 1 aliphatic heterocycles. The fourth-order valence-electron chi connectivity index (χ4n) is 14.3. The maximum absolute atomic E-state index is 15.1. The number of carbonyl (C=O) groups is 7. The smallest absolute Gasteiger partial charge is 0.328 e. The molecule has 0 bridgehead atoms. The number of fused-ring (bicyclic) bond motifs is 7. The van der Waals surface area contributed by atoms with Crippen LogP contribution in [0.4, 0.5) is 0 Å². The van der Waals surface area contributed by atoms with E-state index in [-0.39, 0.29) is 58.7 Å². The number of hydrogen-bond donors (Lipinski definition) is 7. The number of ketones is 1. The summed E-state index contributed by atoms with van der Waals surface area (Å²) >= 11 is 0. The SMILES string of the molecule is COC(=O)[C@@H](NC(=O)CNC(=O)[C@H]1OC(OC2CC[C@@]3(C)C(CC[C@]4(C)C3C(=O)C=C3C5C[C@@](C)(C(=O)NCC(=O)N[C@H](C(=O)OC)C(C)C)CC[C@]5(C)CC[C@]34C)C2(C)C)[C@H](O)[C@@H](O)[C@@H]1O)C(C)C. The zero-order valence-electron chi connectivity index (χ0n) is 43.7. The lowest BCUT2D eigenvalue weighted by Crippen LogP contribution is -2.67. The molecule has 6 rings (SSSR count). The van der Waals surface area contributed by atoms with Crippen LogP contribution in [0.25, 0.3) is 0 Å². The third-order valence-electron chi connectivity index (χ3n) is 18.9. The third kappa shape index (κ3) is 9.69. The van der Waals surface area contributed by atoms with Crippen LogP contribution >= 0.6 is 0 Å². The van der Waals surface area contributed by atoms with Crippen LogP contribution in [0.2, 0.25) is 0 Å². The number of allylic oxidation sites excluding steroid dienone is 2. The first kappa shape index (κ1) is 55.3. The Labute approximate surface area is 413 Å². The van der Waals surface area contributed by atoms with E-state index in [4.69, 9.17) is 18.9 Å². The van der Waals surface area contributed by atoms with Crippen LogP contribution in [-0.2, 0) is 52.5 Å². The number of ether oxygens (including phenoxy) is 4. The Bertz CT molecular complexity index is 2090. The van der Waals surface area contributed by atoms with Gasteiger partial charge in [-0.25, -0.2) is 9.59 Å². The molecule has 5 fully saturated rings. The van der Waals surface area contributed by atoms with Gasteiger partial charge in [0.25, 0.3) is 5.91 Å². The summed E-state index contributed by atoms with van der Waals surface area (Å²) in [7, 11) is 2.47. The lowest BCUT2D eigenvalue weighted by molar-refractivity contribution is -0.321. The highest BCUT2D eigenvalue weighted by Crippen LogP contribution is 2.75. The number of hydrogen-bond acceptors (Lipinski definition) is 14. The highest BCUT2D eigenvalue weighted by atomic mass is 16.7. The molecule has 18 heteroatoms. The number of aliphatic hydroxyl groups is 3. The van der Waals surface area contributed by atoms with Crippen molar-refractivity contribution in [1.29, 1.82) is 0 Å².